The molecule has 1 fully saturated rings. The summed E-state index contributed by atoms with van der Waals surface area (Å²) in [5.74, 6) is 0. The summed E-state index contributed by atoms with van der Waals surface area (Å²) in [6, 6.07) is 13.0. The molecule has 1 aliphatic carbocycles. The minimum atomic E-state index is 1.01. The van der Waals surface area contributed by atoms with Crippen LogP contribution in [0.15, 0.2) is 77.2 Å². The number of aryl methyl sites for hydroxylation is 1. The molecule has 0 unspecified atom stereocenters. The van der Waals surface area contributed by atoms with E-state index in [1.807, 2.05) is 24.5 Å². The second-order valence-electron chi connectivity index (χ2n) is 8.28. The van der Waals surface area contributed by atoms with Crippen LogP contribution in [0.25, 0.3) is 11.3 Å². The molecule has 0 saturated carbocycles. The van der Waals surface area contributed by atoms with Gasteiger partial charge in [0.2, 0.25) is 0 Å². The highest BCUT2D eigenvalue weighted by Crippen LogP contribution is 2.43. The Hall–Kier alpha value is -2.94. The first kappa shape index (κ1) is 18.1. The molecule has 146 valence electrons. The van der Waals surface area contributed by atoms with E-state index in [-0.39, 0.29) is 0 Å². The van der Waals surface area contributed by atoms with Gasteiger partial charge in [0.1, 0.15) is 0 Å². The average Bonchev–Trinajstić information content (AvgIpc) is 3.06. The van der Waals surface area contributed by atoms with Crippen molar-refractivity contribution >= 4 is 17.0 Å². The molecule has 1 aromatic heterocycles. The Kier molecular flexibility index (Phi) is 4.67. The SMILES string of the molecule is C=C(c1ccncc1)N1CCC(=C2C3=C(CCc4ccccc42)CC(C)=N3)CC1. The molecule has 1 aromatic carbocycles. The van der Waals surface area contributed by atoms with Crippen molar-refractivity contribution in [3.05, 3.63) is 88.9 Å². The Morgan fingerprint density at radius 1 is 0.931 bits per heavy atom. The summed E-state index contributed by atoms with van der Waals surface area (Å²) in [6.07, 6.45) is 9.13. The predicted molar refractivity (Wildman–Crippen MR) is 121 cm³/mol. The fourth-order valence-electron chi connectivity index (χ4n) is 4.92. The number of rotatable bonds is 2. The van der Waals surface area contributed by atoms with Gasteiger partial charge in [0, 0.05) is 54.4 Å². The lowest BCUT2D eigenvalue weighted by atomic mass is 9.88. The molecule has 0 N–H and O–H groups in total. The zero-order chi connectivity index (χ0) is 19.8. The molecule has 0 radical (unpaired) electrons. The van der Waals surface area contributed by atoms with E-state index in [2.05, 4.69) is 47.7 Å². The van der Waals surface area contributed by atoms with Crippen molar-refractivity contribution in [3.8, 4) is 0 Å². The van der Waals surface area contributed by atoms with Crippen LogP contribution in [-0.4, -0.2) is 28.7 Å². The summed E-state index contributed by atoms with van der Waals surface area (Å²) >= 11 is 0. The number of aliphatic imine (C=N–C) groups is 1. The third kappa shape index (κ3) is 3.35. The highest BCUT2D eigenvalue weighted by Gasteiger charge is 2.28. The first-order valence-electron chi connectivity index (χ1n) is 10.6. The maximum Gasteiger partial charge on any atom is 0.0702 e. The number of allylic oxidation sites excluding steroid dienone is 2. The van der Waals surface area contributed by atoms with Crippen molar-refractivity contribution in [1.82, 2.24) is 9.88 Å². The summed E-state index contributed by atoms with van der Waals surface area (Å²) in [7, 11) is 0. The van der Waals surface area contributed by atoms with Gasteiger partial charge in [0.25, 0.3) is 0 Å². The van der Waals surface area contributed by atoms with Crippen LogP contribution >= 0.6 is 0 Å². The van der Waals surface area contributed by atoms with Crippen LogP contribution in [0.4, 0.5) is 0 Å². The number of nitrogens with zero attached hydrogens (tertiary/aromatic N) is 3. The average molecular weight is 382 g/mol. The molecule has 3 nitrogen and oxygen atoms in total. The molecule has 3 aliphatic rings. The first-order chi connectivity index (χ1) is 14.2. The number of piperidine rings is 1. The molecule has 0 spiro atoms. The van der Waals surface area contributed by atoms with Crippen molar-refractivity contribution in [2.24, 2.45) is 4.99 Å². The number of likely N-dealkylation sites (tertiary alicyclic amines) is 1. The van der Waals surface area contributed by atoms with Gasteiger partial charge < -0.3 is 4.90 Å². The minimum absolute atomic E-state index is 1.01. The summed E-state index contributed by atoms with van der Waals surface area (Å²) in [6.45, 7) is 8.54. The van der Waals surface area contributed by atoms with Gasteiger partial charge in [0.05, 0.1) is 5.70 Å². The van der Waals surface area contributed by atoms with Crippen molar-refractivity contribution in [2.45, 2.75) is 39.0 Å². The van der Waals surface area contributed by atoms with E-state index in [1.165, 1.54) is 33.7 Å². The van der Waals surface area contributed by atoms with Crippen LogP contribution < -0.4 is 0 Å². The van der Waals surface area contributed by atoms with E-state index in [1.54, 1.807) is 5.57 Å². The van der Waals surface area contributed by atoms with Crippen LogP contribution in [-0.2, 0) is 6.42 Å². The number of aromatic nitrogens is 1. The lowest BCUT2D eigenvalue weighted by Gasteiger charge is -2.33. The smallest absolute Gasteiger partial charge is 0.0702 e. The quantitative estimate of drug-likeness (QED) is 0.671. The minimum Gasteiger partial charge on any atom is -0.371 e. The summed E-state index contributed by atoms with van der Waals surface area (Å²) in [4.78, 5) is 11.6. The van der Waals surface area contributed by atoms with E-state index in [4.69, 9.17) is 4.99 Å². The normalized spacial score (nSPS) is 18.9. The Bertz CT molecular complexity index is 1050. The molecule has 3 heterocycles. The molecule has 2 aliphatic heterocycles. The highest BCUT2D eigenvalue weighted by molar-refractivity contribution is 5.95. The van der Waals surface area contributed by atoms with Gasteiger partial charge in [-0.1, -0.05) is 36.4 Å². The zero-order valence-electron chi connectivity index (χ0n) is 17.1. The standard InChI is InChI=1S/C26H27N3/c1-18-17-23-8-7-21-5-3-4-6-24(21)25(26(23)28-18)22-11-15-29(16-12-22)19(2)20-9-13-27-14-10-20/h3-6,9-10,13-14H,2,7-8,11-12,15-17H2,1H3. The summed E-state index contributed by atoms with van der Waals surface area (Å²) in [5, 5.41) is 0. The van der Waals surface area contributed by atoms with Crippen LogP contribution in [0.2, 0.25) is 0 Å². The number of hydrogen-bond acceptors (Lipinski definition) is 3. The van der Waals surface area contributed by atoms with Gasteiger partial charge in [0.15, 0.2) is 0 Å². The first-order valence-corrected chi connectivity index (χ1v) is 10.6. The Morgan fingerprint density at radius 3 is 2.48 bits per heavy atom. The maximum atomic E-state index is 5.03. The van der Waals surface area contributed by atoms with Gasteiger partial charge >= 0.3 is 0 Å². The van der Waals surface area contributed by atoms with Gasteiger partial charge in [-0.3, -0.25) is 9.98 Å². The van der Waals surface area contributed by atoms with Crippen molar-refractivity contribution in [1.29, 1.82) is 0 Å². The predicted octanol–water partition coefficient (Wildman–Crippen LogP) is 5.67. The van der Waals surface area contributed by atoms with Gasteiger partial charge in [-0.15, -0.1) is 0 Å². The largest absolute Gasteiger partial charge is 0.371 e. The molecule has 0 bridgehead atoms. The Balaban J connectivity index is 1.48. The molecule has 3 heteroatoms. The molecular formula is C26H27N3. The lowest BCUT2D eigenvalue weighted by Crippen LogP contribution is -2.29. The van der Waals surface area contributed by atoms with Crippen LogP contribution in [0.5, 0.6) is 0 Å². The third-order valence-electron chi connectivity index (χ3n) is 6.44. The number of pyridine rings is 1. The Labute approximate surface area is 173 Å². The zero-order valence-corrected chi connectivity index (χ0v) is 17.1. The van der Waals surface area contributed by atoms with Crippen molar-refractivity contribution in [3.63, 3.8) is 0 Å². The van der Waals surface area contributed by atoms with Crippen LogP contribution in [0, 0.1) is 0 Å². The van der Waals surface area contributed by atoms with E-state index >= 15 is 0 Å². The van der Waals surface area contributed by atoms with E-state index in [0.29, 0.717) is 0 Å². The fraction of sp³-hybridized carbons (Fsp3) is 0.308. The van der Waals surface area contributed by atoms with Crippen molar-refractivity contribution in [2.75, 3.05) is 13.1 Å². The molecule has 29 heavy (non-hydrogen) atoms. The highest BCUT2D eigenvalue weighted by atomic mass is 15.1. The summed E-state index contributed by atoms with van der Waals surface area (Å²) < 4.78 is 0. The number of hydrogen-bond donors (Lipinski definition) is 0. The van der Waals surface area contributed by atoms with Gasteiger partial charge in [-0.25, -0.2) is 0 Å². The number of fused-ring (bicyclic) bond motifs is 1. The second-order valence-corrected chi connectivity index (χ2v) is 8.28. The van der Waals surface area contributed by atoms with Gasteiger partial charge in [-0.2, -0.15) is 0 Å². The fourth-order valence-corrected chi connectivity index (χ4v) is 4.92. The van der Waals surface area contributed by atoms with Crippen LogP contribution in [0.1, 0.15) is 49.3 Å². The molecular weight excluding hydrogens is 354 g/mol. The third-order valence-corrected chi connectivity index (χ3v) is 6.44. The van der Waals surface area contributed by atoms with Gasteiger partial charge in [-0.05, 0) is 61.4 Å². The molecule has 1 saturated heterocycles. The van der Waals surface area contributed by atoms with E-state index < -0.39 is 0 Å². The summed E-state index contributed by atoms with van der Waals surface area (Å²) in [5.41, 5.74) is 12.2. The monoisotopic (exact) mass is 381 g/mol. The van der Waals surface area contributed by atoms with E-state index in [0.717, 1.165) is 56.5 Å². The van der Waals surface area contributed by atoms with E-state index in [9.17, 15) is 0 Å². The molecule has 0 atom stereocenters. The van der Waals surface area contributed by atoms with Crippen molar-refractivity contribution < 1.29 is 0 Å². The Morgan fingerprint density at radius 2 is 1.69 bits per heavy atom. The topological polar surface area (TPSA) is 28.5 Å². The second kappa shape index (κ2) is 7.47. The molecule has 2 aromatic rings. The lowest BCUT2D eigenvalue weighted by molar-refractivity contribution is 0.370. The number of benzene rings is 1. The van der Waals surface area contributed by atoms with Crippen LogP contribution in [0.3, 0.4) is 0 Å². The maximum absolute atomic E-state index is 5.03. The molecule has 5 rings (SSSR count). The molecule has 0 amide bonds.